The number of aromatic nitrogens is 1. The van der Waals surface area contributed by atoms with Gasteiger partial charge in [-0.2, -0.15) is 0 Å². The Morgan fingerprint density at radius 2 is 1.71 bits per heavy atom. The quantitative estimate of drug-likeness (QED) is 0.205. The predicted molar refractivity (Wildman–Crippen MR) is 152 cm³/mol. The van der Waals surface area contributed by atoms with Crippen LogP contribution in [0.15, 0.2) is 71.8 Å². The molecule has 11 nitrogen and oxygen atoms in total. The maximum atomic E-state index is 14.1. The number of carboxylic acid groups (broad SMARTS) is 1. The van der Waals surface area contributed by atoms with Crippen LogP contribution in [0, 0.1) is 5.82 Å². The van der Waals surface area contributed by atoms with E-state index in [0.717, 1.165) is 35.8 Å². The van der Waals surface area contributed by atoms with Gasteiger partial charge in [-0.3, -0.25) is 10.1 Å². The number of carbonyl (C=O) groups excluding carboxylic acids is 1. The molecule has 0 fully saturated rings. The number of hydrogen-bond donors (Lipinski definition) is 2. The molecule has 42 heavy (non-hydrogen) atoms. The standard InChI is InChI=1S/C28H25FN2O9S2/c1-16(15-37-2)38-20-10-18(11-21(13-20)39-19-5-7-22(8-6-19)42(3,35)36)26(32)31-28-30-14-25(41-28)40-24-12-17(27(33)34)4-9-23(24)29/h4-14,16H,15H2,1-3H3,(H,33,34)(H,30,31,32)/t16-/m0/s1. The van der Waals surface area contributed by atoms with Crippen LogP contribution in [0.5, 0.6) is 28.1 Å². The first kappa shape index (κ1) is 30.4. The zero-order valence-corrected chi connectivity index (χ0v) is 24.1. The van der Waals surface area contributed by atoms with Crippen LogP contribution in [0.4, 0.5) is 9.52 Å². The van der Waals surface area contributed by atoms with Crippen molar-refractivity contribution in [2.45, 2.75) is 17.9 Å². The Kier molecular flexibility index (Phi) is 9.40. The maximum Gasteiger partial charge on any atom is 0.335 e. The Morgan fingerprint density at radius 1 is 1.00 bits per heavy atom. The number of thiazole rings is 1. The predicted octanol–water partition coefficient (Wildman–Crippen LogP) is 5.63. The van der Waals surface area contributed by atoms with Crippen LogP contribution in [-0.2, 0) is 14.6 Å². The summed E-state index contributed by atoms with van der Waals surface area (Å²) in [6.07, 6.45) is 2.00. The highest BCUT2D eigenvalue weighted by Crippen LogP contribution is 2.33. The van der Waals surface area contributed by atoms with Crippen LogP contribution < -0.4 is 19.5 Å². The molecule has 0 unspecified atom stereocenters. The Hall–Kier alpha value is -4.53. The molecule has 3 aromatic carbocycles. The van der Waals surface area contributed by atoms with E-state index in [-0.39, 0.29) is 50.4 Å². The number of amides is 1. The molecule has 0 aliphatic heterocycles. The van der Waals surface area contributed by atoms with Crippen LogP contribution in [0.25, 0.3) is 0 Å². The average molecular weight is 617 g/mol. The number of aromatic carboxylic acids is 1. The van der Waals surface area contributed by atoms with Crippen LogP contribution in [0.1, 0.15) is 27.6 Å². The van der Waals surface area contributed by atoms with Crippen LogP contribution in [0.3, 0.4) is 0 Å². The molecule has 1 amide bonds. The molecule has 1 aromatic heterocycles. The first-order valence-corrected chi connectivity index (χ1v) is 14.9. The van der Waals surface area contributed by atoms with Crippen LogP contribution in [-0.4, -0.2) is 56.5 Å². The second kappa shape index (κ2) is 13.0. The van der Waals surface area contributed by atoms with E-state index in [1.54, 1.807) is 13.0 Å². The third kappa shape index (κ3) is 8.02. The average Bonchev–Trinajstić information content (AvgIpc) is 3.36. The van der Waals surface area contributed by atoms with Gasteiger partial charge in [0.1, 0.15) is 23.4 Å². The van der Waals surface area contributed by atoms with Gasteiger partial charge in [-0.05, 0) is 61.5 Å². The first-order chi connectivity index (χ1) is 19.9. The molecule has 0 saturated heterocycles. The minimum Gasteiger partial charge on any atom is -0.488 e. The lowest BCUT2D eigenvalue weighted by atomic mass is 10.2. The summed E-state index contributed by atoms with van der Waals surface area (Å²) >= 11 is 0.898. The molecule has 0 radical (unpaired) electrons. The van der Waals surface area contributed by atoms with Gasteiger partial charge in [0.25, 0.3) is 5.91 Å². The Balaban J connectivity index is 1.54. The van der Waals surface area contributed by atoms with Gasteiger partial charge < -0.3 is 24.1 Å². The number of anilines is 1. The highest BCUT2D eigenvalue weighted by atomic mass is 32.2. The number of nitrogens with zero attached hydrogens (tertiary/aromatic N) is 1. The number of methoxy groups -OCH3 is 1. The monoisotopic (exact) mass is 616 g/mol. The van der Waals surface area contributed by atoms with Crippen molar-refractivity contribution in [3.05, 3.63) is 83.8 Å². The molecular weight excluding hydrogens is 591 g/mol. The largest absolute Gasteiger partial charge is 0.488 e. The normalized spacial score (nSPS) is 11.9. The zero-order valence-electron chi connectivity index (χ0n) is 22.5. The molecule has 4 aromatic rings. The summed E-state index contributed by atoms with van der Waals surface area (Å²) < 4.78 is 60.0. The van der Waals surface area contributed by atoms with Gasteiger partial charge in [0.15, 0.2) is 26.5 Å². The van der Waals surface area contributed by atoms with Crippen LogP contribution >= 0.6 is 11.3 Å². The van der Waals surface area contributed by atoms with E-state index in [9.17, 15) is 22.4 Å². The SMILES string of the molecule is COC[C@H](C)Oc1cc(Oc2ccc(S(C)(=O)=O)cc2)cc(C(=O)Nc2ncc(Oc3cc(C(=O)O)ccc3F)s2)c1. The van der Waals surface area contributed by atoms with Crippen molar-refractivity contribution in [1.82, 2.24) is 4.98 Å². The lowest BCUT2D eigenvalue weighted by Crippen LogP contribution is -2.18. The molecule has 0 bridgehead atoms. The van der Waals surface area contributed by atoms with E-state index in [1.807, 2.05) is 0 Å². The van der Waals surface area contributed by atoms with Gasteiger partial charge >= 0.3 is 5.97 Å². The van der Waals surface area contributed by atoms with E-state index in [2.05, 4.69) is 10.3 Å². The summed E-state index contributed by atoms with van der Waals surface area (Å²) in [6.45, 7) is 2.07. The van der Waals surface area contributed by atoms with Crippen molar-refractivity contribution < 1.29 is 46.5 Å². The Bertz CT molecular complexity index is 1710. The second-order valence-corrected chi connectivity index (χ2v) is 11.9. The van der Waals surface area contributed by atoms with Crippen molar-refractivity contribution in [3.8, 4) is 28.1 Å². The van der Waals surface area contributed by atoms with Crippen molar-refractivity contribution in [2.24, 2.45) is 0 Å². The van der Waals surface area contributed by atoms with Gasteiger partial charge in [0.2, 0.25) is 5.06 Å². The van der Waals surface area contributed by atoms with Gasteiger partial charge in [-0.1, -0.05) is 11.3 Å². The summed E-state index contributed by atoms with van der Waals surface area (Å²) in [5.41, 5.74) is -0.00605. The summed E-state index contributed by atoms with van der Waals surface area (Å²) in [7, 11) is -1.86. The number of hydrogen-bond acceptors (Lipinski definition) is 10. The number of carbonyl (C=O) groups is 2. The number of halogens is 1. The maximum absolute atomic E-state index is 14.1. The Labute approximate surface area is 244 Å². The van der Waals surface area contributed by atoms with Crippen molar-refractivity contribution >= 4 is 38.2 Å². The molecule has 0 aliphatic carbocycles. The van der Waals surface area contributed by atoms with Crippen LogP contribution in [0.2, 0.25) is 0 Å². The molecule has 0 spiro atoms. The minimum absolute atomic E-state index is 0.110. The fraction of sp³-hybridized carbons (Fsp3) is 0.179. The lowest BCUT2D eigenvalue weighted by Gasteiger charge is -2.16. The van der Waals surface area contributed by atoms with Gasteiger partial charge in [0, 0.05) is 25.0 Å². The molecule has 0 aliphatic rings. The van der Waals surface area contributed by atoms with Crippen molar-refractivity contribution in [2.75, 3.05) is 25.3 Å². The third-order valence-electron chi connectivity index (χ3n) is 5.46. The Morgan fingerprint density at radius 3 is 2.38 bits per heavy atom. The molecule has 1 heterocycles. The number of sulfone groups is 1. The van der Waals surface area contributed by atoms with E-state index >= 15 is 0 Å². The third-order valence-corrected chi connectivity index (χ3v) is 7.38. The molecular formula is C28H25FN2O9S2. The smallest absolute Gasteiger partial charge is 0.335 e. The van der Waals surface area contributed by atoms with Crippen molar-refractivity contribution in [1.29, 1.82) is 0 Å². The minimum atomic E-state index is -3.39. The molecule has 0 saturated carbocycles. The number of rotatable bonds is 12. The summed E-state index contributed by atoms with van der Waals surface area (Å²) in [6, 6.07) is 13.5. The fourth-order valence-corrected chi connectivity index (χ4v) is 4.89. The summed E-state index contributed by atoms with van der Waals surface area (Å²) in [5, 5.41) is 12.0. The van der Waals surface area contributed by atoms with Crippen molar-refractivity contribution in [3.63, 3.8) is 0 Å². The molecule has 1 atom stereocenters. The molecule has 14 heteroatoms. The highest BCUT2D eigenvalue weighted by molar-refractivity contribution is 7.90. The molecule has 220 valence electrons. The fourth-order valence-electron chi connectivity index (χ4n) is 3.58. The zero-order chi connectivity index (χ0) is 30.4. The topological polar surface area (TPSA) is 150 Å². The number of nitrogens with one attached hydrogen (secondary N) is 1. The lowest BCUT2D eigenvalue weighted by molar-refractivity contribution is 0.0696. The van der Waals surface area contributed by atoms with E-state index < -0.39 is 27.5 Å². The molecule has 2 N–H and O–H groups in total. The van der Waals surface area contributed by atoms with Gasteiger partial charge in [-0.15, -0.1) is 0 Å². The van der Waals surface area contributed by atoms with Gasteiger partial charge in [-0.25, -0.2) is 22.6 Å². The number of carboxylic acids is 1. The number of ether oxygens (including phenoxy) is 4. The summed E-state index contributed by atoms with van der Waals surface area (Å²) in [4.78, 5) is 28.6. The summed E-state index contributed by atoms with van der Waals surface area (Å²) in [5.74, 6) is -2.00. The first-order valence-electron chi connectivity index (χ1n) is 12.2. The second-order valence-electron chi connectivity index (χ2n) is 8.91. The number of benzene rings is 3. The van der Waals surface area contributed by atoms with E-state index in [1.165, 1.54) is 49.7 Å². The van der Waals surface area contributed by atoms with E-state index in [0.29, 0.717) is 11.5 Å². The molecule has 4 rings (SSSR count). The van der Waals surface area contributed by atoms with Gasteiger partial charge in [0.05, 0.1) is 23.3 Å². The highest BCUT2D eigenvalue weighted by Gasteiger charge is 2.17. The van der Waals surface area contributed by atoms with E-state index in [4.69, 9.17) is 24.1 Å².